The molecule has 17 heavy (non-hydrogen) atoms. The van der Waals surface area contributed by atoms with Gasteiger partial charge in [-0.2, -0.15) is 4.98 Å². The lowest BCUT2D eigenvalue weighted by Gasteiger charge is -2.04. The number of aromatic nitrogens is 4. The molecule has 2 N–H and O–H groups in total. The largest absolute Gasteiger partial charge is 0.325 e. The first kappa shape index (κ1) is 10.7. The van der Waals surface area contributed by atoms with Gasteiger partial charge in [0.1, 0.15) is 0 Å². The highest BCUT2D eigenvalue weighted by Gasteiger charge is 2.37. The maximum Gasteiger partial charge on any atom is 0.252 e. The third kappa shape index (κ3) is 2.15. The van der Waals surface area contributed by atoms with E-state index >= 15 is 0 Å². The molecule has 0 aliphatic heterocycles. The van der Waals surface area contributed by atoms with Crippen LogP contribution in [0.4, 0.5) is 0 Å². The van der Waals surface area contributed by atoms with Crippen molar-refractivity contribution in [3.63, 3.8) is 0 Å². The average Bonchev–Trinajstić information content (AvgIpc) is 2.93. The van der Waals surface area contributed by atoms with Crippen LogP contribution in [0.2, 0.25) is 0 Å². The Labute approximate surface area is 100 Å². The molecule has 1 aliphatic carbocycles. The summed E-state index contributed by atoms with van der Waals surface area (Å²) >= 11 is 0. The van der Waals surface area contributed by atoms with Gasteiger partial charge in [0.15, 0.2) is 5.82 Å². The molecule has 0 aromatic carbocycles. The first-order valence-corrected chi connectivity index (χ1v) is 6.18. The van der Waals surface area contributed by atoms with Crippen LogP contribution in [-0.4, -0.2) is 25.1 Å². The predicted molar refractivity (Wildman–Crippen MR) is 64.6 cm³/mol. The minimum atomic E-state index is 0.0689. The molecule has 90 valence electrons. The summed E-state index contributed by atoms with van der Waals surface area (Å²) in [6, 6.07) is 0. The Morgan fingerprint density at radius 3 is 3.00 bits per heavy atom. The van der Waals surface area contributed by atoms with Crippen LogP contribution in [0.25, 0.3) is 5.78 Å². The first-order chi connectivity index (χ1) is 8.18. The molecular weight excluding hydrogens is 214 g/mol. The lowest BCUT2D eigenvalue weighted by molar-refractivity contribution is 0.595. The maximum absolute atomic E-state index is 6.06. The fourth-order valence-electron chi connectivity index (χ4n) is 1.92. The number of fused-ring (bicyclic) bond motifs is 1. The highest BCUT2D eigenvalue weighted by atomic mass is 15.3. The summed E-state index contributed by atoms with van der Waals surface area (Å²) in [6.45, 7) is 2.10. The molecule has 2 heterocycles. The van der Waals surface area contributed by atoms with Gasteiger partial charge in [-0.3, -0.25) is 0 Å². The molecule has 1 fully saturated rings. The number of nitrogens with zero attached hydrogens (tertiary/aromatic N) is 4. The smallest absolute Gasteiger partial charge is 0.252 e. The zero-order valence-corrected chi connectivity index (χ0v) is 10.1. The zero-order chi connectivity index (χ0) is 11.9. The Hall–Kier alpha value is -1.49. The molecule has 0 unspecified atom stereocenters. The Morgan fingerprint density at radius 2 is 2.29 bits per heavy atom. The van der Waals surface area contributed by atoms with Crippen LogP contribution in [-0.2, 0) is 12.8 Å². The number of rotatable bonds is 4. The van der Waals surface area contributed by atoms with Crippen molar-refractivity contribution in [1.29, 1.82) is 0 Å². The van der Waals surface area contributed by atoms with E-state index in [9.17, 15) is 0 Å². The van der Waals surface area contributed by atoms with E-state index in [2.05, 4.69) is 22.0 Å². The van der Waals surface area contributed by atoms with Crippen molar-refractivity contribution >= 4 is 5.78 Å². The highest BCUT2D eigenvalue weighted by Crippen LogP contribution is 2.36. The van der Waals surface area contributed by atoms with Crippen LogP contribution in [0.1, 0.15) is 37.6 Å². The van der Waals surface area contributed by atoms with E-state index in [-0.39, 0.29) is 5.54 Å². The van der Waals surface area contributed by atoms with E-state index in [4.69, 9.17) is 5.73 Å². The highest BCUT2D eigenvalue weighted by molar-refractivity contribution is 5.27. The van der Waals surface area contributed by atoms with Crippen molar-refractivity contribution in [2.45, 2.75) is 44.6 Å². The van der Waals surface area contributed by atoms with E-state index < -0.39 is 0 Å². The third-order valence-corrected chi connectivity index (χ3v) is 3.44. The third-order valence-electron chi connectivity index (χ3n) is 3.44. The molecule has 5 heteroatoms. The fourth-order valence-corrected chi connectivity index (χ4v) is 1.92. The van der Waals surface area contributed by atoms with Crippen molar-refractivity contribution in [2.24, 2.45) is 5.73 Å². The van der Waals surface area contributed by atoms with Crippen LogP contribution in [0, 0.1) is 0 Å². The minimum absolute atomic E-state index is 0.0689. The lowest BCUT2D eigenvalue weighted by atomic mass is 10.1. The van der Waals surface area contributed by atoms with E-state index in [1.807, 2.05) is 12.4 Å². The molecule has 2 aromatic heterocycles. The van der Waals surface area contributed by atoms with Gasteiger partial charge in [-0.15, -0.1) is 5.10 Å². The molecule has 0 atom stereocenters. The molecule has 0 spiro atoms. The van der Waals surface area contributed by atoms with Crippen molar-refractivity contribution in [3.05, 3.63) is 23.8 Å². The van der Waals surface area contributed by atoms with Gasteiger partial charge in [0, 0.05) is 24.4 Å². The van der Waals surface area contributed by atoms with Crippen LogP contribution < -0.4 is 5.73 Å². The Morgan fingerprint density at radius 1 is 1.47 bits per heavy atom. The summed E-state index contributed by atoms with van der Waals surface area (Å²) < 4.78 is 1.77. The van der Waals surface area contributed by atoms with Gasteiger partial charge in [0.05, 0.1) is 0 Å². The van der Waals surface area contributed by atoms with Crippen LogP contribution >= 0.6 is 0 Å². The SMILES string of the molecule is CCc1cnc2nc(CCC3(N)CC3)nn2c1. The summed E-state index contributed by atoms with van der Waals surface area (Å²) in [7, 11) is 0. The molecule has 1 aliphatic rings. The molecule has 1 saturated carbocycles. The molecular formula is C12H17N5. The Bertz CT molecular complexity index is 541. The molecule has 2 aromatic rings. The normalized spacial score (nSPS) is 17.5. The van der Waals surface area contributed by atoms with E-state index in [1.54, 1.807) is 4.52 Å². The standard InChI is InChI=1S/C12H17N5/c1-2-9-7-14-11-15-10(16-17(11)8-9)3-4-12(13)5-6-12/h7-8H,2-6,13H2,1H3. The van der Waals surface area contributed by atoms with E-state index in [1.165, 1.54) is 5.56 Å². The van der Waals surface area contributed by atoms with Crippen molar-refractivity contribution in [2.75, 3.05) is 0 Å². The topological polar surface area (TPSA) is 69.1 Å². The van der Waals surface area contributed by atoms with E-state index in [0.29, 0.717) is 5.78 Å². The van der Waals surface area contributed by atoms with Crippen LogP contribution in [0.5, 0.6) is 0 Å². The number of hydrogen-bond donors (Lipinski definition) is 1. The van der Waals surface area contributed by atoms with E-state index in [0.717, 1.165) is 37.9 Å². The Balaban J connectivity index is 1.80. The number of aryl methyl sites for hydroxylation is 2. The maximum atomic E-state index is 6.06. The summed E-state index contributed by atoms with van der Waals surface area (Å²) in [4.78, 5) is 8.69. The lowest BCUT2D eigenvalue weighted by Crippen LogP contribution is -2.22. The zero-order valence-electron chi connectivity index (χ0n) is 10.1. The predicted octanol–water partition coefficient (Wildman–Crippen LogP) is 1.11. The number of hydrogen-bond acceptors (Lipinski definition) is 4. The second-order valence-electron chi connectivity index (χ2n) is 4.95. The average molecular weight is 231 g/mol. The van der Waals surface area contributed by atoms with Gasteiger partial charge in [0.2, 0.25) is 0 Å². The molecule has 0 saturated heterocycles. The van der Waals surface area contributed by atoms with Gasteiger partial charge in [-0.1, -0.05) is 6.92 Å². The van der Waals surface area contributed by atoms with Crippen molar-refractivity contribution < 1.29 is 0 Å². The van der Waals surface area contributed by atoms with Crippen LogP contribution in [0.15, 0.2) is 12.4 Å². The second-order valence-corrected chi connectivity index (χ2v) is 4.95. The molecule has 5 nitrogen and oxygen atoms in total. The fraction of sp³-hybridized carbons (Fsp3) is 0.583. The summed E-state index contributed by atoms with van der Waals surface area (Å²) in [5.74, 6) is 1.53. The second kappa shape index (κ2) is 3.77. The monoisotopic (exact) mass is 231 g/mol. The minimum Gasteiger partial charge on any atom is -0.325 e. The quantitative estimate of drug-likeness (QED) is 0.855. The van der Waals surface area contributed by atoms with Gasteiger partial charge in [0.25, 0.3) is 5.78 Å². The Kier molecular flexibility index (Phi) is 2.36. The molecule has 3 rings (SSSR count). The molecule has 0 radical (unpaired) electrons. The number of nitrogens with two attached hydrogens (primary N) is 1. The van der Waals surface area contributed by atoms with Crippen molar-refractivity contribution in [3.8, 4) is 0 Å². The molecule has 0 bridgehead atoms. The summed E-state index contributed by atoms with van der Waals surface area (Å²) in [5, 5.41) is 4.44. The summed E-state index contributed by atoms with van der Waals surface area (Å²) in [6.07, 6.45) is 8.92. The summed E-state index contributed by atoms with van der Waals surface area (Å²) in [5.41, 5.74) is 7.30. The first-order valence-electron chi connectivity index (χ1n) is 6.18. The van der Waals surface area contributed by atoms with Crippen molar-refractivity contribution in [1.82, 2.24) is 19.6 Å². The van der Waals surface area contributed by atoms with Gasteiger partial charge >= 0.3 is 0 Å². The van der Waals surface area contributed by atoms with Gasteiger partial charge < -0.3 is 5.73 Å². The van der Waals surface area contributed by atoms with Gasteiger partial charge in [-0.25, -0.2) is 9.50 Å². The van der Waals surface area contributed by atoms with Crippen LogP contribution in [0.3, 0.4) is 0 Å². The van der Waals surface area contributed by atoms with Gasteiger partial charge in [-0.05, 0) is 31.2 Å². The molecule has 0 amide bonds.